The minimum atomic E-state index is -0.181. The maximum absolute atomic E-state index is 6.24. The molecule has 1 aromatic heterocycles. The van der Waals surface area contributed by atoms with E-state index in [0.717, 1.165) is 6.42 Å². The van der Waals surface area contributed by atoms with Crippen LogP contribution >= 0.6 is 0 Å². The first-order valence-corrected chi connectivity index (χ1v) is 6.89. The van der Waals surface area contributed by atoms with Gasteiger partial charge in [0.2, 0.25) is 0 Å². The molecule has 0 aliphatic heterocycles. The van der Waals surface area contributed by atoms with Crippen LogP contribution < -0.4 is 10.3 Å². The molecule has 3 nitrogen and oxygen atoms in total. The lowest BCUT2D eigenvalue weighted by atomic mass is 9.87. The number of benzene rings is 1. The third-order valence-electron chi connectivity index (χ3n) is 3.79. The average Bonchev–Trinajstić information content (AvgIpc) is 2.49. The Morgan fingerprint density at radius 3 is 2.32 bits per heavy atom. The van der Waals surface area contributed by atoms with Crippen LogP contribution in [0.1, 0.15) is 39.9 Å². The molecule has 0 unspecified atom stereocenters. The third kappa shape index (κ3) is 2.52. The molecule has 0 radical (unpaired) electrons. The first kappa shape index (κ1) is 14.1. The molecule has 2 aromatic rings. The lowest BCUT2D eigenvalue weighted by molar-refractivity contribution is -0.652. The number of hydrogen-bond acceptors (Lipinski definition) is 1. The number of aromatic nitrogens is 2. The summed E-state index contributed by atoms with van der Waals surface area (Å²) in [5.74, 6) is 1.26. The molecule has 1 aromatic carbocycles. The van der Waals surface area contributed by atoms with E-state index in [1.165, 1.54) is 16.9 Å². The van der Waals surface area contributed by atoms with Crippen molar-refractivity contribution in [2.45, 2.75) is 52.1 Å². The van der Waals surface area contributed by atoms with Crippen molar-refractivity contribution in [3.8, 4) is 0 Å². The van der Waals surface area contributed by atoms with E-state index in [0.29, 0.717) is 0 Å². The first-order valence-electron chi connectivity index (χ1n) is 6.89. The van der Waals surface area contributed by atoms with Gasteiger partial charge in [0, 0.05) is 18.9 Å². The Bertz CT molecular complexity index is 600. The SMILES string of the molecule is Cc1n(C(C)(C)CC(C)(C)N)c2ccccc2[n+]1C. The Morgan fingerprint density at radius 2 is 1.74 bits per heavy atom. The van der Waals surface area contributed by atoms with Gasteiger partial charge < -0.3 is 5.73 Å². The molecule has 0 amide bonds. The van der Waals surface area contributed by atoms with Gasteiger partial charge in [0.25, 0.3) is 5.82 Å². The molecule has 0 bridgehead atoms. The van der Waals surface area contributed by atoms with Crippen LogP contribution in [0.5, 0.6) is 0 Å². The van der Waals surface area contributed by atoms with E-state index >= 15 is 0 Å². The number of aryl methyl sites for hydroxylation is 1. The van der Waals surface area contributed by atoms with Crippen molar-refractivity contribution in [2.24, 2.45) is 12.8 Å². The number of nitrogens with two attached hydrogens (primary N) is 1. The molecule has 0 spiro atoms. The predicted octanol–water partition coefficient (Wildman–Crippen LogP) is 2.64. The van der Waals surface area contributed by atoms with Gasteiger partial charge in [-0.3, -0.25) is 0 Å². The molecule has 2 N–H and O–H groups in total. The zero-order valence-electron chi connectivity index (χ0n) is 13.0. The lowest BCUT2D eigenvalue weighted by Crippen LogP contribution is -2.43. The number of rotatable bonds is 3. The maximum atomic E-state index is 6.24. The molecule has 2 rings (SSSR count). The average molecular weight is 260 g/mol. The highest BCUT2D eigenvalue weighted by Gasteiger charge is 2.36. The van der Waals surface area contributed by atoms with Gasteiger partial charge in [-0.25, -0.2) is 9.13 Å². The van der Waals surface area contributed by atoms with Crippen LogP contribution in [0.4, 0.5) is 0 Å². The molecule has 0 aliphatic carbocycles. The van der Waals surface area contributed by atoms with Crippen LogP contribution in [0, 0.1) is 6.92 Å². The van der Waals surface area contributed by atoms with Crippen molar-refractivity contribution in [3.63, 3.8) is 0 Å². The second-order valence-electron chi connectivity index (χ2n) is 6.91. The summed E-state index contributed by atoms with van der Waals surface area (Å²) in [5, 5.41) is 0. The quantitative estimate of drug-likeness (QED) is 0.846. The van der Waals surface area contributed by atoms with Crippen LogP contribution in [-0.4, -0.2) is 10.1 Å². The normalized spacial score (nSPS) is 13.2. The number of nitrogens with zero attached hydrogens (tertiary/aromatic N) is 2. The van der Waals surface area contributed by atoms with Gasteiger partial charge in [0.05, 0.1) is 7.05 Å². The van der Waals surface area contributed by atoms with Crippen molar-refractivity contribution < 1.29 is 4.57 Å². The van der Waals surface area contributed by atoms with Gasteiger partial charge in [-0.05, 0) is 39.8 Å². The summed E-state index contributed by atoms with van der Waals surface area (Å²) in [6.45, 7) is 10.9. The van der Waals surface area contributed by atoms with Crippen molar-refractivity contribution in [1.29, 1.82) is 0 Å². The van der Waals surface area contributed by atoms with E-state index in [4.69, 9.17) is 5.73 Å². The molecule has 104 valence electrons. The van der Waals surface area contributed by atoms with E-state index in [2.05, 4.69) is 75.1 Å². The summed E-state index contributed by atoms with van der Waals surface area (Å²) in [6.07, 6.45) is 0.930. The maximum Gasteiger partial charge on any atom is 0.254 e. The number of hydrogen-bond donors (Lipinski definition) is 1. The van der Waals surface area contributed by atoms with E-state index in [1.807, 2.05) is 0 Å². The van der Waals surface area contributed by atoms with Crippen LogP contribution in [0.2, 0.25) is 0 Å². The highest BCUT2D eigenvalue weighted by molar-refractivity contribution is 5.72. The van der Waals surface area contributed by atoms with Gasteiger partial charge in [-0.15, -0.1) is 0 Å². The Balaban J connectivity index is 2.65. The van der Waals surface area contributed by atoms with Crippen molar-refractivity contribution in [3.05, 3.63) is 30.1 Å². The molecule has 0 aliphatic rings. The van der Waals surface area contributed by atoms with Crippen LogP contribution in [-0.2, 0) is 12.6 Å². The van der Waals surface area contributed by atoms with Crippen LogP contribution in [0.3, 0.4) is 0 Å². The molecule has 3 heteroatoms. The zero-order valence-corrected chi connectivity index (χ0v) is 13.0. The highest BCUT2D eigenvalue weighted by Crippen LogP contribution is 2.30. The lowest BCUT2D eigenvalue weighted by Gasteiger charge is -2.30. The summed E-state index contributed by atoms with van der Waals surface area (Å²) < 4.78 is 4.66. The molecular formula is C16H26N3+. The van der Waals surface area contributed by atoms with Crippen LogP contribution in [0.15, 0.2) is 24.3 Å². The van der Waals surface area contributed by atoms with Crippen molar-refractivity contribution >= 4 is 11.0 Å². The first-order chi connectivity index (χ1) is 8.63. The van der Waals surface area contributed by atoms with Gasteiger partial charge >= 0.3 is 0 Å². The molecule has 0 fully saturated rings. The minimum Gasteiger partial charge on any atom is -0.325 e. The second kappa shape index (κ2) is 4.34. The van der Waals surface area contributed by atoms with E-state index in [-0.39, 0.29) is 11.1 Å². The largest absolute Gasteiger partial charge is 0.325 e. The molecule has 19 heavy (non-hydrogen) atoms. The van der Waals surface area contributed by atoms with E-state index in [1.54, 1.807) is 0 Å². The Labute approximate surface area is 116 Å². The summed E-state index contributed by atoms with van der Waals surface area (Å²) in [4.78, 5) is 0. The summed E-state index contributed by atoms with van der Waals surface area (Å²) in [6, 6.07) is 8.55. The summed E-state index contributed by atoms with van der Waals surface area (Å²) in [7, 11) is 2.12. The minimum absolute atomic E-state index is 0.0107. The third-order valence-corrected chi connectivity index (χ3v) is 3.79. The van der Waals surface area contributed by atoms with Gasteiger partial charge in [0.15, 0.2) is 11.0 Å². The topological polar surface area (TPSA) is 34.8 Å². The second-order valence-corrected chi connectivity index (χ2v) is 6.91. The molecule has 0 saturated heterocycles. The highest BCUT2D eigenvalue weighted by atomic mass is 15.2. The van der Waals surface area contributed by atoms with E-state index < -0.39 is 0 Å². The molecule has 1 heterocycles. The van der Waals surface area contributed by atoms with Crippen molar-refractivity contribution in [2.75, 3.05) is 0 Å². The standard InChI is InChI=1S/C16H26N3/c1-12-18(6)13-9-7-8-10-14(13)19(12)16(4,5)11-15(2,3)17/h7-10H,11,17H2,1-6H3/q+1. The van der Waals surface area contributed by atoms with Crippen molar-refractivity contribution in [1.82, 2.24) is 4.57 Å². The van der Waals surface area contributed by atoms with Gasteiger partial charge in [-0.1, -0.05) is 12.1 Å². The molecule has 0 atom stereocenters. The summed E-state index contributed by atoms with van der Waals surface area (Å²) in [5.41, 5.74) is 8.59. The fraction of sp³-hybridized carbons (Fsp3) is 0.562. The Morgan fingerprint density at radius 1 is 1.16 bits per heavy atom. The Hall–Kier alpha value is -1.35. The number of para-hydroxylation sites is 2. The fourth-order valence-corrected chi connectivity index (χ4v) is 3.39. The smallest absolute Gasteiger partial charge is 0.254 e. The number of fused-ring (bicyclic) bond motifs is 1. The van der Waals surface area contributed by atoms with Gasteiger partial charge in [-0.2, -0.15) is 0 Å². The van der Waals surface area contributed by atoms with Gasteiger partial charge in [0.1, 0.15) is 5.54 Å². The Kier molecular flexibility index (Phi) is 3.21. The predicted molar refractivity (Wildman–Crippen MR) is 80.1 cm³/mol. The molecule has 0 saturated carbocycles. The zero-order chi connectivity index (χ0) is 14.4. The van der Waals surface area contributed by atoms with E-state index in [9.17, 15) is 0 Å². The van der Waals surface area contributed by atoms with Crippen LogP contribution in [0.25, 0.3) is 11.0 Å². The fourth-order valence-electron chi connectivity index (χ4n) is 3.39. The molecular weight excluding hydrogens is 234 g/mol. The number of imidazole rings is 1. The monoisotopic (exact) mass is 260 g/mol. The summed E-state index contributed by atoms with van der Waals surface area (Å²) >= 11 is 0.